The average Bonchev–Trinajstić information content (AvgIpc) is 2.19. The molecular weight excluding hydrogens is 198 g/mol. The molecule has 14 heavy (non-hydrogen) atoms. The van der Waals surface area contributed by atoms with Crippen LogP contribution in [0.2, 0.25) is 5.02 Å². The van der Waals surface area contributed by atoms with Crippen LogP contribution in [0.3, 0.4) is 0 Å². The van der Waals surface area contributed by atoms with Gasteiger partial charge < -0.3 is 0 Å². The highest BCUT2D eigenvalue weighted by Crippen LogP contribution is 2.17. The fourth-order valence-electron chi connectivity index (χ4n) is 0.945. The number of halogens is 1. The second-order valence-electron chi connectivity index (χ2n) is 2.60. The first-order valence-corrected chi connectivity index (χ1v) is 4.38. The molecule has 0 amide bonds. The Balaban J connectivity index is 2.89. The highest BCUT2D eigenvalue weighted by atomic mass is 35.5. The minimum Gasteiger partial charge on any atom is -0.0919 e. The molecule has 1 aromatic rings. The zero-order valence-corrected chi connectivity index (χ0v) is 8.41. The Morgan fingerprint density at radius 1 is 1.57 bits per heavy atom. The van der Waals surface area contributed by atoms with E-state index in [0.29, 0.717) is 5.02 Å². The molecule has 0 aliphatic carbocycles. The van der Waals surface area contributed by atoms with Gasteiger partial charge in [-0.25, -0.2) is 0 Å². The van der Waals surface area contributed by atoms with Crippen molar-refractivity contribution in [2.45, 2.75) is 6.92 Å². The highest BCUT2D eigenvalue weighted by Gasteiger charge is 1.97. The molecule has 0 spiro atoms. The van der Waals surface area contributed by atoms with Gasteiger partial charge in [-0.15, -0.1) is 0 Å². The lowest BCUT2D eigenvalue weighted by atomic mass is 10.1. The first-order chi connectivity index (χ1) is 6.75. The molecule has 0 N–H and O–H groups in total. The van der Waals surface area contributed by atoms with E-state index in [4.69, 9.17) is 17.1 Å². The molecule has 1 rings (SSSR count). The van der Waals surface area contributed by atoms with Crippen LogP contribution in [-0.4, -0.2) is 6.54 Å². The summed E-state index contributed by atoms with van der Waals surface area (Å²) in [4.78, 5) is 2.60. The lowest BCUT2D eigenvalue weighted by Gasteiger charge is -1.98. The second kappa shape index (κ2) is 5.18. The fraction of sp³-hybridized carbons (Fsp3) is 0.200. The van der Waals surface area contributed by atoms with E-state index in [9.17, 15) is 0 Å². The molecular formula is C10H8ClN3. The van der Waals surface area contributed by atoms with Crippen molar-refractivity contribution in [1.82, 2.24) is 0 Å². The normalized spacial score (nSPS) is 8.43. The van der Waals surface area contributed by atoms with E-state index in [1.54, 1.807) is 0 Å². The summed E-state index contributed by atoms with van der Waals surface area (Å²) in [5.41, 5.74) is 9.84. The molecule has 0 unspecified atom stereocenters. The summed E-state index contributed by atoms with van der Waals surface area (Å²) in [6.45, 7) is 2.09. The molecule has 0 heterocycles. The Bertz CT molecular complexity index is 436. The Hall–Kier alpha value is -1.62. The Morgan fingerprint density at radius 2 is 2.36 bits per heavy atom. The van der Waals surface area contributed by atoms with Crippen LogP contribution in [0.5, 0.6) is 0 Å². The monoisotopic (exact) mass is 205 g/mol. The quantitative estimate of drug-likeness (QED) is 0.292. The molecule has 0 bridgehead atoms. The average molecular weight is 206 g/mol. The largest absolute Gasteiger partial charge is 0.0919 e. The van der Waals surface area contributed by atoms with Crippen molar-refractivity contribution < 1.29 is 0 Å². The molecule has 0 aliphatic rings. The van der Waals surface area contributed by atoms with Crippen LogP contribution in [-0.2, 0) is 0 Å². The standard InChI is InChI=1S/C10H8ClN3/c1-8-9(4-2-6-10(8)11)5-3-7-13-14-12/h2,4,6H,7H2,1H3. The molecule has 0 aromatic heterocycles. The molecule has 0 radical (unpaired) electrons. The number of rotatable bonds is 1. The summed E-state index contributed by atoms with van der Waals surface area (Å²) in [5.74, 6) is 5.63. The molecule has 3 nitrogen and oxygen atoms in total. The third-order valence-electron chi connectivity index (χ3n) is 1.70. The number of benzene rings is 1. The van der Waals surface area contributed by atoms with Crippen molar-refractivity contribution in [2.75, 3.05) is 6.54 Å². The maximum Gasteiger partial charge on any atom is 0.0880 e. The van der Waals surface area contributed by atoms with E-state index in [2.05, 4.69) is 21.9 Å². The van der Waals surface area contributed by atoms with Gasteiger partial charge in [0.1, 0.15) is 0 Å². The Morgan fingerprint density at radius 3 is 3.07 bits per heavy atom. The minimum absolute atomic E-state index is 0.183. The number of azide groups is 1. The summed E-state index contributed by atoms with van der Waals surface area (Å²) < 4.78 is 0. The van der Waals surface area contributed by atoms with Gasteiger partial charge in [0.05, 0.1) is 6.54 Å². The van der Waals surface area contributed by atoms with Crippen LogP contribution in [0.1, 0.15) is 11.1 Å². The molecule has 70 valence electrons. The molecule has 0 aliphatic heterocycles. The van der Waals surface area contributed by atoms with Gasteiger partial charge in [0.2, 0.25) is 0 Å². The van der Waals surface area contributed by atoms with Crippen LogP contribution < -0.4 is 0 Å². The van der Waals surface area contributed by atoms with Crippen LogP contribution in [0, 0.1) is 18.8 Å². The van der Waals surface area contributed by atoms with Crippen molar-refractivity contribution in [1.29, 1.82) is 0 Å². The molecule has 0 saturated carbocycles. The van der Waals surface area contributed by atoms with Crippen molar-refractivity contribution in [3.05, 3.63) is 44.8 Å². The van der Waals surface area contributed by atoms with Gasteiger partial charge in [0, 0.05) is 15.5 Å². The molecule has 1 aromatic carbocycles. The number of hydrogen-bond donors (Lipinski definition) is 0. The van der Waals surface area contributed by atoms with Crippen molar-refractivity contribution >= 4 is 11.6 Å². The van der Waals surface area contributed by atoms with Crippen LogP contribution >= 0.6 is 11.6 Å². The highest BCUT2D eigenvalue weighted by molar-refractivity contribution is 6.31. The zero-order valence-electron chi connectivity index (χ0n) is 7.66. The van der Waals surface area contributed by atoms with Crippen molar-refractivity contribution in [3.8, 4) is 11.8 Å². The van der Waals surface area contributed by atoms with Gasteiger partial charge in [0.25, 0.3) is 0 Å². The predicted molar refractivity (Wildman–Crippen MR) is 57.1 cm³/mol. The molecule has 0 atom stereocenters. The first kappa shape index (κ1) is 10.5. The lowest BCUT2D eigenvalue weighted by molar-refractivity contribution is 1.25. The predicted octanol–water partition coefficient (Wildman–Crippen LogP) is 3.31. The molecule has 0 fully saturated rings. The van der Waals surface area contributed by atoms with Gasteiger partial charge in [-0.3, -0.25) is 0 Å². The topological polar surface area (TPSA) is 48.8 Å². The van der Waals surface area contributed by atoms with E-state index >= 15 is 0 Å². The third kappa shape index (κ3) is 2.70. The van der Waals surface area contributed by atoms with Gasteiger partial charge >= 0.3 is 0 Å². The maximum absolute atomic E-state index is 8.03. The number of nitrogens with zero attached hydrogens (tertiary/aromatic N) is 3. The van der Waals surface area contributed by atoms with Gasteiger partial charge in [-0.05, 0) is 30.2 Å². The first-order valence-electron chi connectivity index (χ1n) is 4.00. The van der Waals surface area contributed by atoms with Crippen LogP contribution in [0.25, 0.3) is 10.4 Å². The Labute approximate surface area is 87.3 Å². The van der Waals surface area contributed by atoms with E-state index < -0.39 is 0 Å². The minimum atomic E-state index is 0.183. The van der Waals surface area contributed by atoms with E-state index in [1.165, 1.54) is 0 Å². The van der Waals surface area contributed by atoms with Crippen molar-refractivity contribution in [3.63, 3.8) is 0 Å². The summed E-state index contributed by atoms with van der Waals surface area (Å²) >= 11 is 5.90. The van der Waals surface area contributed by atoms with Gasteiger partial charge in [-0.2, -0.15) is 0 Å². The molecule has 0 saturated heterocycles. The SMILES string of the molecule is Cc1c(Cl)cccc1C#CCN=[N+]=[N-]. The third-order valence-corrected chi connectivity index (χ3v) is 2.11. The zero-order chi connectivity index (χ0) is 10.4. The summed E-state index contributed by atoms with van der Waals surface area (Å²) in [6, 6.07) is 5.53. The number of hydrogen-bond acceptors (Lipinski definition) is 1. The maximum atomic E-state index is 8.03. The second-order valence-corrected chi connectivity index (χ2v) is 3.01. The fourth-order valence-corrected chi connectivity index (χ4v) is 1.12. The lowest BCUT2D eigenvalue weighted by Crippen LogP contribution is -1.82. The summed E-state index contributed by atoms with van der Waals surface area (Å²) in [5, 5.41) is 4.01. The van der Waals surface area contributed by atoms with E-state index in [1.807, 2.05) is 25.1 Å². The smallest absolute Gasteiger partial charge is 0.0880 e. The summed E-state index contributed by atoms with van der Waals surface area (Å²) in [7, 11) is 0. The van der Waals surface area contributed by atoms with Crippen molar-refractivity contribution in [2.24, 2.45) is 5.11 Å². The summed E-state index contributed by atoms with van der Waals surface area (Å²) in [6.07, 6.45) is 0. The van der Waals surface area contributed by atoms with Gasteiger partial charge in [0.15, 0.2) is 0 Å². The Kier molecular flexibility index (Phi) is 3.87. The van der Waals surface area contributed by atoms with Crippen LogP contribution in [0.4, 0.5) is 0 Å². The van der Waals surface area contributed by atoms with Gasteiger partial charge in [-0.1, -0.05) is 34.6 Å². The van der Waals surface area contributed by atoms with Crippen LogP contribution in [0.15, 0.2) is 23.3 Å². The van der Waals surface area contributed by atoms with E-state index in [0.717, 1.165) is 11.1 Å². The molecule has 4 heteroatoms. The van der Waals surface area contributed by atoms with E-state index in [-0.39, 0.29) is 6.54 Å².